The van der Waals surface area contributed by atoms with Crippen LogP contribution in [0.25, 0.3) is 11.4 Å². The van der Waals surface area contributed by atoms with Gasteiger partial charge in [0.05, 0.1) is 30.2 Å². The van der Waals surface area contributed by atoms with Crippen molar-refractivity contribution in [3.05, 3.63) is 47.9 Å². The van der Waals surface area contributed by atoms with Gasteiger partial charge in [-0.1, -0.05) is 23.9 Å². The smallest absolute Gasteiger partial charge is 0.234 e. The summed E-state index contributed by atoms with van der Waals surface area (Å²) in [5.41, 5.74) is 2.03. The molecule has 31 heavy (non-hydrogen) atoms. The third kappa shape index (κ3) is 5.05. The van der Waals surface area contributed by atoms with Crippen LogP contribution in [0.5, 0.6) is 0 Å². The number of furan rings is 1. The number of rotatable bonds is 8. The van der Waals surface area contributed by atoms with E-state index in [-0.39, 0.29) is 23.5 Å². The van der Waals surface area contributed by atoms with Gasteiger partial charge in [0.25, 0.3) is 0 Å². The number of nitrogens with one attached hydrogen (secondary N) is 1. The Morgan fingerprint density at radius 3 is 2.87 bits per heavy atom. The third-order valence-corrected chi connectivity index (χ3v) is 6.08. The maximum atomic E-state index is 12.5. The topological polar surface area (TPSA) is 99.3 Å². The quantitative estimate of drug-likeness (QED) is 0.418. The molecule has 8 nitrogen and oxygen atoms in total. The summed E-state index contributed by atoms with van der Waals surface area (Å²) in [5, 5.41) is 12.2. The second-order valence-corrected chi connectivity index (χ2v) is 8.36. The molecule has 0 aliphatic carbocycles. The zero-order valence-electron chi connectivity index (χ0n) is 17.5. The van der Waals surface area contributed by atoms with E-state index in [0.29, 0.717) is 28.8 Å². The SMILES string of the molecule is CC(=O)c1cccc(NC(=O)CSc2nnc(-c3ccoc3C)n2CC2CCCO2)c1. The lowest BCUT2D eigenvalue weighted by Gasteiger charge is -2.14. The van der Waals surface area contributed by atoms with Gasteiger partial charge in [-0.25, -0.2) is 0 Å². The first-order valence-electron chi connectivity index (χ1n) is 10.1. The molecule has 1 aromatic carbocycles. The second kappa shape index (κ2) is 9.49. The number of Topliss-reactive ketones (excluding diaryl/α,β-unsaturated/α-hetero) is 1. The molecule has 1 unspecified atom stereocenters. The van der Waals surface area contributed by atoms with Crippen LogP contribution in [0.15, 0.2) is 46.2 Å². The van der Waals surface area contributed by atoms with E-state index in [0.717, 1.165) is 30.8 Å². The van der Waals surface area contributed by atoms with Crippen molar-refractivity contribution in [2.45, 2.75) is 44.5 Å². The van der Waals surface area contributed by atoms with Crippen LogP contribution < -0.4 is 5.32 Å². The molecule has 1 aliphatic heterocycles. The maximum absolute atomic E-state index is 12.5. The highest BCUT2D eigenvalue weighted by molar-refractivity contribution is 7.99. The number of amides is 1. The fraction of sp³-hybridized carbons (Fsp3) is 0.364. The minimum atomic E-state index is -0.182. The molecule has 0 spiro atoms. The Morgan fingerprint density at radius 2 is 2.16 bits per heavy atom. The molecule has 162 valence electrons. The van der Waals surface area contributed by atoms with E-state index in [2.05, 4.69) is 15.5 Å². The van der Waals surface area contributed by atoms with Gasteiger partial charge in [0, 0.05) is 17.9 Å². The van der Waals surface area contributed by atoms with Gasteiger partial charge in [-0.15, -0.1) is 10.2 Å². The fourth-order valence-corrected chi connectivity index (χ4v) is 4.26. The Labute approximate surface area is 184 Å². The lowest BCUT2D eigenvalue weighted by Crippen LogP contribution is -2.18. The summed E-state index contributed by atoms with van der Waals surface area (Å²) >= 11 is 1.32. The molecule has 4 rings (SSSR count). The maximum Gasteiger partial charge on any atom is 0.234 e. The van der Waals surface area contributed by atoms with E-state index in [1.54, 1.807) is 30.5 Å². The van der Waals surface area contributed by atoms with Crippen molar-refractivity contribution in [1.82, 2.24) is 14.8 Å². The standard InChI is InChI=1S/C22H24N4O4S/c1-14(27)16-5-3-6-17(11-16)23-20(28)13-31-22-25-24-21(19-8-10-29-15(19)2)26(22)12-18-7-4-9-30-18/h3,5-6,8,10-11,18H,4,7,9,12-13H2,1-2H3,(H,23,28). The first kappa shape index (κ1) is 21.3. The van der Waals surface area contributed by atoms with Gasteiger partial charge >= 0.3 is 0 Å². The van der Waals surface area contributed by atoms with Gasteiger partial charge in [0.1, 0.15) is 5.76 Å². The van der Waals surface area contributed by atoms with Crippen LogP contribution in [0, 0.1) is 6.92 Å². The summed E-state index contributed by atoms with van der Waals surface area (Å²) in [6.07, 6.45) is 3.76. The Hall–Kier alpha value is -2.91. The molecular weight excluding hydrogens is 416 g/mol. The van der Waals surface area contributed by atoms with E-state index in [1.165, 1.54) is 18.7 Å². The zero-order chi connectivity index (χ0) is 21.8. The average Bonchev–Trinajstić information content (AvgIpc) is 3.49. The van der Waals surface area contributed by atoms with Crippen molar-refractivity contribution in [2.75, 3.05) is 17.7 Å². The number of anilines is 1. The Morgan fingerprint density at radius 1 is 1.29 bits per heavy atom. The van der Waals surface area contributed by atoms with Gasteiger partial charge < -0.3 is 14.5 Å². The predicted molar refractivity (Wildman–Crippen MR) is 117 cm³/mol. The van der Waals surface area contributed by atoms with Crippen LogP contribution >= 0.6 is 11.8 Å². The minimum absolute atomic E-state index is 0.0465. The van der Waals surface area contributed by atoms with Crippen LogP contribution in [0.2, 0.25) is 0 Å². The molecule has 3 heterocycles. The number of nitrogens with zero attached hydrogens (tertiary/aromatic N) is 3. The number of carbonyl (C=O) groups is 2. The summed E-state index contributed by atoms with van der Waals surface area (Å²) in [7, 11) is 0. The first-order valence-corrected chi connectivity index (χ1v) is 11.1. The molecule has 0 saturated carbocycles. The molecule has 0 radical (unpaired) electrons. The van der Waals surface area contributed by atoms with E-state index in [9.17, 15) is 9.59 Å². The van der Waals surface area contributed by atoms with Crippen LogP contribution in [0.4, 0.5) is 5.69 Å². The number of aromatic nitrogens is 3. The van der Waals surface area contributed by atoms with Crippen molar-refractivity contribution in [3.63, 3.8) is 0 Å². The molecule has 3 aromatic rings. The van der Waals surface area contributed by atoms with Crippen molar-refractivity contribution in [3.8, 4) is 11.4 Å². The average molecular weight is 441 g/mol. The highest BCUT2D eigenvalue weighted by atomic mass is 32.2. The number of thioether (sulfide) groups is 1. The second-order valence-electron chi connectivity index (χ2n) is 7.42. The van der Waals surface area contributed by atoms with Gasteiger partial charge in [-0.05, 0) is 44.9 Å². The van der Waals surface area contributed by atoms with E-state index in [4.69, 9.17) is 9.15 Å². The molecule has 1 N–H and O–H groups in total. The summed E-state index contributed by atoms with van der Waals surface area (Å²) < 4.78 is 13.2. The monoisotopic (exact) mass is 440 g/mol. The number of hydrogen-bond acceptors (Lipinski definition) is 7. The number of hydrogen-bond donors (Lipinski definition) is 1. The summed E-state index contributed by atoms with van der Waals surface area (Å²) in [6.45, 7) is 4.77. The van der Waals surface area contributed by atoms with Gasteiger partial charge in [0.15, 0.2) is 16.8 Å². The van der Waals surface area contributed by atoms with Crippen LogP contribution in [0.3, 0.4) is 0 Å². The van der Waals surface area contributed by atoms with Gasteiger partial charge in [0.2, 0.25) is 5.91 Å². The summed E-state index contributed by atoms with van der Waals surface area (Å²) in [5.74, 6) is 1.41. The molecule has 1 fully saturated rings. The van der Waals surface area contributed by atoms with E-state index in [1.807, 2.05) is 17.6 Å². The lowest BCUT2D eigenvalue weighted by molar-refractivity contribution is -0.113. The molecule has 0 bridgehead atoms. The first-order chi connectivity index (χ1) is 15.0. The van der Waals surface area contributed by atoms with Gasteiger partial charge in [-0.2, -0.15) is 0 Å². The number of aryl methyl sites for hydroxylation is 1. The van der Waals surface area contributed by atoms with Crippen molar-refractivity contribution in [2.24, 2.45) is 0 Å². The molecule has 1 amide bonds. The highest BCUT2D eigenvalue weighted by Crippen LogP contribution is 2.29. The van der Waals surface area contributed by atoms with Crippen molar-refractivity contribution < 1.29 is 18.7 Å². The molecular formula is C22H24N4O4S. The zero-order valence-corrected chi connectivity index (χ0v) is 18.3. The third-order valence-electron chi connectivity index (χ3n) is 5.11. The normalized spacial score (nSPS) is 15.9. The van der Waals surface area contributed by atoms with Gasteiger partial charge in [-0.3, -0.25) is 14.2 Å². The Balaban J connectivity index is 1.48. The molecule has 1 saturated heterocycles. The molecule has 1 atom stereocenters. The molecule has 2 aromatic heterocycles. The number of ether oxygens (including phenoxy) is 1. The number of benzene rings is 1. The van der Waals surface area contributed by atoms with Crippen molar-refractivity contribution >= 4 is 29.1 Å². The van der Waals surface area contributed by atoms with E-state index >= 15 is 0 Å². The number of carbonyl (C=O) groups excluding carboxylic acids is 2. The summed E-state index contributed by atoms with van der Waals surface area (Å²) in [6, 6.07) is 8.77. The Bertz CT molecular complexity index is 1080. The fourth-order valence-electron chi connectivity index (χ4n) is 3.51. The van der Waals surface area contributed by atoms with Crippen LogP contribution in [0.1, 0.15) is 35.9 Å². The van der Waals surface area contributed by atoms with E-state index < -0.39 is 0 Å². The van der Waals surface area contributed by atoms with Crippen LogP contribution in [-0.4, -0.2) is 44.9 Å². The van der Waals surface area contributed by atoms with Crippen molar-refractivity contribution in [1.29, 1.82) is 0 Å². The largest absolute Gasteiger partial charge is 0.469 e. The lowest BCUT2D eigenvalue weighted by atomic mass is 10.1. The minimum Gasteiger partial charge on any atom is -0.469 e. The number of ketones is 1. The van der Waals surface area contributed by atoms with Crippen LogP contribution in [-0.2, 0) is 16.1 Å². The highest BCUT2D eigenvalue weighted by Gasteiger charge is 2.23. The molecule has 9 heteroatoms. The Kier molecular flexibility index (Phi) is 6.53. The predicted octanol–water partition coefficient (Wildman–Crippen LogP) is 3.96. The summed E-state index contributed by atoms with van der Waals surface area (Å²) in [4.78, 5) is 24.0. The molecule has 1 aliphatic rings.